The molecule has 0 aliphatic rings. The van der Waals surface area contributed by atoms with Crippen LogP contribution in [-0.2, 0) is 0 Å². The number of rotatable bonds is 0. The highest BCUT2D eigenvalue weighted by molar-refractivity contribution is 6.34. The lowest BCUT2D eigenvalue weighted by atomic mass is 10.0. The Morgan fingerprint density at radius 1 is 1.86 bits per heavy atom. The van der Waals surface area contributed by atoms with Gasteiger partial charge in [-0.1, -0.05) is 5.16 Å². The molecular formula is C3H5BN2O. The fraction of sp³-hybridized carbons (Fsp3) is 0. The second-order valence-corrected chi connectivity index (χ2v) is 1.38. The summed E-state index contributed by atoms with van der Waals surface area (Å²) in [5.74, 6) is 0.472. The lowest BCUT2D eigenvalue weighted by molar-refractivity contribution is 0.424. The molecule has 4 heteroatoms. The van der Waals surface area contributed by atoms with Crippen molar-refractivity contribution >= 4 is 19.1 Å². The van der Waals surface area contributed by atoms with Gasteiger partial charge >= 0.3 is 0 Å². The van der Waals surface area contributed by atoms with E-state index in [0.29, 0.717) is 5.82 Å². The highest BCUT2D eigenvalue weighted by Crippen LogP contribution is 1.85. The fourth-order valence-corrected chi connectivity index (χ4v) is 0.295. The number of nitrogens with two attached hydrogens (primary N) is 1. The second kappa shape index (κ2) is 1.29. The van der Waals surface area contributed by atoms with Gasteiger partial charge in [0.25, 0.3) is 0 Å². The van der Waals surface area contributed by atoms with E-state index in [0.717, 1.165) is 5.46 Å². The van der Waals surface area contributed by atoms with Crippen LogP contribution in [0.25, 0.3) is 0 Å². The third-order valence-corrected chi connectivity index (χ3v) is 0.785. The molecule has 3 nitrogen and oxygen atoms in total. The van der Waals surface area contributed by atoms with E-state index >= 15 is 0 Å². The summed E-state index contributed by atoms with van der Waals surface area (Å²) in [7, 11) is 1.84. The van der Waals surface area contributed by atoms with E-state index in [-0.39, 0.29) is 0 Å². The van der Waals surface area contributed by atoms with E-state index in [9.17, 15) is 0 Å². The van der Waals surface area contributed by atoms with E-state index in [1.165, 1.54) is 6.26 Å². The van der Waals surface area contributed by atoms with Gasteiger partial charge in [-0.3, -0.25) is 0 Å². The largest absolute Gasteiger partial charge is 0.381 e. The number of nitrogens with zero attached hydrogens (tertiary/aromatic N) is 1. The average molecular weight is 95.9 g/mol. The number of hydrogen-bond donors (Lipinski definition) is 1. The van der Waals surface area contributed by atoms with Gasteiger partial charge < -0.3 is 10.3 Å². The minimum atomic E-state index is 0.472. The Bertz CT molecular complexity index is 145. The van der Waals surface area contributed by atoms with E-state index in [1.807, 2.05) is 7.85 Å². The fourth-order valence-electron chi connectivity index (χ4n) is 0.295. The second-order valence-electron chi connectivity index (χ2n) is 1.38. The standard InChI is InChI=1S/C3H5BN2O/c4-2-1-7-6-3(2)5/h1H,4H2,(H2,5,6). The van der Waals surface area contributed by atoms with Crippen LogP contribution in [-0.4, -0.2) is 13.0 Å². The van der Waals surface area contributed by atoms with Crippen LogP contribution in [0.3, 0.4) is 0 Å². The Balaban J connectivity index is 3.12. The topological polar surface area (TPSA) is 52.0 Å². The van der Waals surface area contributed by atoms with Crippen LogP contribution < -0.4 is 11.2 Å². The first kappa shape index (κ1) is 4.24. The van der Waals surface area contributed by atoms with Crippen LogP contribution >= 0.6 is 0 Å². The van der Waals surface area contributed by atoms with Crippen molar-refractivity contribution in [2.24, 2.45) is 0 Å². The summed E-state index contributed by atoms with van der Waals surface area (Å²) in [6, 6.07) is 0. The molecule has 2 N–H and O–H groups in total. The molecule has 0 aromatic carbocycles. The number of anilines is 1. The maximum atomic E-state index is 5.23. The van der Waals surface area contributed by atoms with Crippen molar-refractivity contribution in [1.82, 2.24) is 5.16 Å². The van der Waals surface area contributed by atoms with Gasteiger partial charge in [0.15, 0.2) is 5.82 Å². The van der Waals surface area contributed by atoms with E-state index in [4.69, 9.17) is 5.73 Å². The van der Waals surface area contributed by atoms with Crippen LogP contribution in [0.15, 0.2) is 10.8 Å². The van der Waals surface area contributed by atoms with Crippen molar-refractivity contribution in [1.29, 1.82) is 0 Å². The van der Waals surface area contributed by atoms with Crippen LogP contribution in [0.2, 0.25) is 0 Å². The molecular weight excluding hydrogens is 90.9 g/mol. The Kier molecular flexibility index (Phi) is 0.783. The minimum absolute atomic E-state index is 0.472. The van der Waals surface area contributed by atoms with E-state index in [2.05, 4.69) is 9.68 Å². The molecule has 36 valence electrons. The summed E-state index contributed by atoms with van der Waals surface area (Å²) in [5.41, 5.74) is 6.12. The minimum Gasteiger partial charge on any atom is -0.381 e. The van der Waals surface area contributed by atoms with Crippen LogP contribution in [0.1, 0.15) is 0 Å². The SMILES string of the molecule is Bc1conc1N. The van der Waals surface area contributed by atoms with Gasteiger partial charge in [0, 0.05) is 0 Å². The molecule has 1 aromatic heterocycles. The summed E-state index contributed by atoms with van der Waals surface area (Å²) in [6.45, 7) is 0. The summed E-state index contributed by atoms with van der Waals surface area (Å²) in [4.78, 5) is 0. The predicted octanol–water partition coefficient (Wildman–Crippen LogP) is -1.48. The zero-order valence-corrected chi connectivity index (χ0v) is 4.01. The van der Waals surface area contributed by atoms with Crippen LogP contribution in [0.4, 0.5) is 5.82 Å². The average Bonchev–Trinajstić information content (AvgIpc) is 1.91. The van der Waals surface area contributed by atoms with Gasteiger partial charge in [-0.2, -0.15) is 0 Å². The zero-order chi connectivity index (χ0) is 5.28. The smallest absolute Gasteiger partial charge is 0.160 e. The normalized spacial score (nSPS) is 9.14. The van der Waals surface area contributed by atoms with Gasteiger partial charge in [0.2, 0.25) is 0 Å². The first-order chi connectivity index (χ1) is 3.30. The van der Waals surface area contributed by atoms with Crippen molar-refractivity contribution < 1.29 is 4.52 Å². The molecule has 0 radical (unpaired) electrons. The first-order valence-electron chi connectivity index (χ1n) is 1.97. The highest BCUT2D eigenvalue weighted by Gasteiger charge is 1.91. The highest BCUT2D eigenvalue weighted by atomic mass is 16.5. The Hall–Kier alpha value is -0.925. The van der Waals surface area contributed by atoms with Crippen molar-refractivity contribution in [3.63, 3.8) is 0 Å². The van der Waals surface area contributed by atoms with Gasteiger partial charge in [-0.25, -0.2) is 0 Å². The third kappa shape index (κ3) is 0.583. The summed E-state index contributed by atoms with van der Waals surface area (Å²) < 4.78 is 4.47. The molecule has 0 saturated carbocycles. The molecule has 0 fully saturated rings. The molecule has 1 rings (SSSR count). The van der Waals surface area contributed by atoms with Crippen LogP contribution in [0.5, 0.6) is 0 Å². The molecule has 1 heterocycles. The van der Waals surface area contributed by atoms with Gasteiger partial charge in [-0.05, 0) is 5.46 Å². The van der Waals surface area contributed by atoms with E-state index < -0.39 is 0 Å². The van der Waals surface area contributed by atoms with Crippen LogP contribution in [0, 0.1) is 0 Å². The van der Waals surface area contributed by atoms with Gasteiger partial charge in [-0.15, -0.1) is 0 Å². The Morgan fingerprint density at radius 3 is 2.71 bits per heavy atom. The van der Waals surface area contributed by atoms with Gasteiger partial charge in [0.1, 0.15) is 14.1 Å². The van der Waals surface area contributed by atoms with E-state index in [1.54, 1.807) is 0 Å². The molecule has 0 unspecified atom stereocenters. The lowest BCUT2D eigenvalue weighted by Gasteiger charge is -1.75. The lowest BCUT2D eigenvalue weighted by Crippen LogP contribution is -2.04. The molecule has 0 saturated heterocycles. The van der Waals surface area contributed by atoms with Gasteiger partial charge in [0.05, 0.1) is 0 Å². The summed E-state index contributed by atoms with van der Waals surface area (Å²) in [5, 5.41) is 3.42. The van der Waals surface area contributed by atoms with Crippen molar-refractivity contribution in [2.75, 3.05) is 5.73 Å². The molecule has 0 atom stereocenters. The van der Waals surface area contributed by atoms with Crippen molar-refractivity contribution in [3.8, 4) is 0 Å². The first-order valence-corrected chi connectivity index (χ1v) is 1.97. The molecule has 7 heavy (non-hydrogen) atoms. The molecule has 0 aliphatic carbocycles. The summed E-state index contributed by atoms with van der Waals surface area (Å²) >= 11 is 0. The molecule has 0 bridgehead atoms. The monoisotopic (exact) mass is 96.0 g/mol. The zero-order valence-electron chi connectivity index (χ0n) is 4.01. The maximum Gasteiger partial charge on any atom is 0.160 e. The number of hydrogen-bond acceptors (Lipinski definition) is 3. The number of nitrogen functional groups attached to an aromatic ring is 1. The van der Waals surface area contributed by atoms with Crippen molar-refractivity contribution in [2.45, 2.75) is 0 Å². The molecule has 0 aliphatic heterocycles. The third-order valence-electron chi connectivity index (χ3n) is 0.785. The maximum absolute atomic E-state index is 5.23. The van der Waals surface area contributed by atoms with Crippen molar-refractivity contribution in [3.05, 3.63) is 6.26 Å². The summed E-state index contributed by atoms with van der Waals surface area (Å²) in [6.07, 6.45) is 1.51. The number of aromatic nitrogens is 1. The Labute approximate surface area is 41.9 Å². The molecule has 0 amide bonds. The molecule has 1 aromatic rings. The Morgan fingerprint density at radius 2 is 2.57 bits per heavy atom. The molecule has 0 spiro atoms. The quantitative estimate of drug-likeness (QED) is 0.400. The predicted molar refractivity (Wildman–Crippen MR) is 29.1 cm³/mol.